The summed E-state index contributed by atoms with van der Waals surface area (Å²) in [5.74, 6) is 0.0407. The molecule has 0 saturated carbocycles. The summed E-state index contributed by atoms with van der Waals surface area (Å²) in [5, 5.41) is 1.73. The largest absolute Gasteiger partial charge is 0.481 e. The van der Waals surface area contributed by atoms with Gasteiger partial charge in [0, 0.05) is 19.2 Å². The van der Waals surface area contributed by atoms with Crippen LogP contribution in [0.1, 0.15) is 12.5 Å². The third kappa shape index (κ3) is 5.44. The van der Waals surface area contributed by atoms with Crippen molar-refractivity contribution < 1.29 is 17.9 Å². The molecule has 1 amide bonds. The highest BCUT2D eigenvalue weighted by Gasteiger charge is 2.29. The third-order valence-electron chi connectivity index (χ3n) is 5.76. The van der Waals surface area contributed by atoms with E-state index in [4.69, 9.17) is 4.74 Å². The number of aromatic nitrogens is 1. The van der Waals surface area contributed by atoms with Gasteiger partial charge in [0.15, 0.2) is 0 Å². The molecule has 0 fully saturated rings. The summed E-state index contributed by atoms with van der Waals surface area (Å²) >= 11 is 0. The number of carbonyl (C=O) groups is 1. The second-order valence-electron chi connectivity index (χ2n) is 7.97. The second kappa shape index (κ2) is 10.6. The Balaban J connectivity index is 1.70. The molecule has 4 rings (SSSR count). The number of hydrogen-bond acceptors (Lipinski definition) is 5. The first-order chi connectivity index (χ1) is 16.9. The Morgan fingerprint density at radius 2 is 1.63 bits per heavy atom. The maximum Gasteiger partial charge on any atom is 0.264 e. The van der Waals surface area contributed by atoms with Crippen molar-refractivity contribution >= 4 is 32.4 Å². The van der Waals surface area contributed by atoms with E-state index in [0.717, 1.165) is 20.6 Å². The second-order valence-corrected chi connectivity index (χ2v) is 9.84. The average Bonchev–Trinajstić information content (AvgIpc) is 2.90. The monoisotopic (exact) mass is 489 g/mol. The van der Waals surface area contributed by atoms with E-state index in [-0.39, 0.29) is 23.0 Å². The Morgan fingerprint density at radius 1 is 0.914 bits per heavy atom. The van der Waals surface area contributed by atoms with Crippen LogP contribution in [-0.2, 0) is 21.4 Å². The van der Waals surface area contributed by atoms with Gasteiger partial charge in [0.1, 0.15) is 6.54 Å². The fraction of sp³-hybridized carbons (Fsp3) is 0.185. The summed E-state index contributed by atoms with van der Waals surface area (Å²) < 4.78 is 33.9. The first kappa shape index (κ1) is 24.2. The van der Waals surface area contributed by atoms with Crippen molar-refractivity contribution in [1.82, 2.24) is 9.88 Å². The highest BCUT2D eigenvalue weighted by molar-refractivity contribution is 7.92. The Hall–Kier alpha value is -3.91. The molecule has 0 aliphatic heterocycles. The molecule has 0 spiro atoms. The number of rotatable bonds is 9. The van der Waals surface area contributed by atoms with Crippen LogP contribution in [0, 0.1) is 0 Å². The number of amides is 1. The number of fused-ring (bicyclic) bond motifs is 1. The van der Waals surface area contributed by atoms with Crippen molar-refractivity contribution in [2.75, 3.05) is 24.5 Å². The Bertz CT molecular complexity index is 1410. The van der Waals surface area contributed by atoms with Gasteiger partial charge in [-0.3, -0.25) is 9.10 Å². The fourth-order valence-corrected chi connectivity index (χ4v) is 5.25. The zero-order valence-corrected chi connectivity index (χ0v) is 20.5. The van der Waals surface area contributed by atoms with Crippen LogP contribution in [0.4, 0.5) is 5.69 Å². The maximum absolute atomic E-state index is 13.8. The number of anilines is 1. The zero-order chi connectivity index (χ0) is 24.8. The van der Waals surface area contributed by atoms with Crippen LogP contribution in [0.2, 0.25) is 0 Å². The molecular formula is C27H27N3O4S. The molecule has 4 aromatic rings. The molecule has 0 bridgehead atoms. The SMILES string of the molecule is CCN(Cc1ccccc1)C(=O)CN(c1ccc(OC)nc1)S(=O)(=O)c1ccc2ccccc2c1. The lowest BCUT2D eigenvalue weighted by atomic mass is 10.1. The number of likely N-dealkylation sites (N-methyl/N-ethyl adjacent to an activating group) is 1. The topological polar surface area (TPSA) is 79.8 Å². The predicted molar refractivity (Wildman–Crippen MR) is 137 cm³/mol. The number of sulfonamides is 1. The number of pyridine rings is 1. The molecule has 1 aromatic heterocycles. The third-order valence-corrected chi connectivity index (χ3v) is 7.53. The number of ether oxygens (including phenoxy) is 1. The molecule has 8 heteroatoms. The number of nitrogens with zero attached hydrogens (tertiary/aromatic N) is 3. The molecular weight excluding hydrogens is 462 g/mol. The Labute approximate surface area is 205 Å². The van der Waals surface area contributed by atoms with Crippen LogP contribution in [0.25, 0.3) is 10.8 Å². The van der Waals surface area contributed by atoms with Gasteiger partial charge in [0.05, 0.1) is 23.9 Å². The molecule has 3 aromatic carbocycles. The van der Waals surface area contributed by atoms with Crippen LogP contribution < -0.4 is 9.04 Å². The van der Waals surface area contributed by atoms with E-state index in [1.54, 1.807) is 35.2 Å². The first-order valence-corrected chi connectivity index (χ1v) is 12.7. The van der Waals surface area contributed by atoms with Gasteiger partial charge in [-0.15, -0.1) is 0 Å². The van der Waals surface area contributed by atoms with Crippen LogP contribution >= 0.6 is 0 Å². The van der Waals surface area contributed by atoms with E-state index >= 15 is 0 Å². The minimum absolute atomic E-state index is 0.103. The van der Waals surface area contributed by atoms with Crippen molar-refractivity contribution in [3.05, 3.63) is 96.7 Å². The first-order valence-electron chi connectivity index (χ1n) is 11.3. The lowest BCUT2D eigenvalue weighted by molar-refractivity contribution is -0.129. The van der Waals surface area contributed by atoms with Gasteiger partial charge < -0.3 is 9.64 Å². The lowest BCUT2D eigenvalue weighted by Gasteiger charge is -2.28. The molecule has 0 saturated heterocycles. The quantitative estimate of drug-likeness (QED) is 0.346. The molecule has 0 aliphatic carbocycles. The molecule has 0 radical (unpaired) electrons. The summed E-state index contributed by atoms with van der Waals surface area (Å²) in [6, 6.07) is 25.3. The smallest absolute Gasteiger partial charge is 0.264 e. The van der Waals surface area contributed by atoms with E-state index in [1.165, 1.54) is 13.3 Å². The number of carbonyl (C=O) groups excluding carboxylic acids is 1. The maximum atomic E-state index is 13.8. The summed E-state index contributed by atoms with van der Waals surface area (Å²) in [6.07, 6.45) is 1.40. The van der Waals surface area contributed by atoms with Crippen LogP contribution in [0.3, 0.4) is 0 Å². The van der Waals surface area contributed by atoms with Gasteiger partial charge in [-0.1, -0.05) is 60.7 Å². The van der Waals surface area contributed by atoms with E-state index in [9.17, 15) is 13.2 Å². The van der Waals surface area contributed by atoms with Crippen LogP contribution in [0.15, 0.2) is 96.0 Å². The Morgan fingerprint density at radius 3 is 2.29 bits per heavy atom. The van der Waals surface area contributed by atoms with Gasteiger partial charge >= 0.3 is 0 Å². The van der Waals surface area contributed by atoms with Crippen molar-refractivity contribution in [3.8, 4) is 5.88 Å². The minimum atomic E-state index is -4.07. The fourth-order valence-electron chi connectivity index (χ4n) is 3.81. The van der Waals surface area contributed by atoms with Gasteiger partial charge in [-0.05, 0) is 41.5 Å². The van der Waals surface area contributed by atoms with Gasteiger partial charge in [0.2, 0.25) is 11.8 Å². The lowest BCUT2D eigenvalue weighted by Crippen LogP contribution is -2.42. The van der Waals surface area contributed by atoms with E-state index in [1.807, 2.05) is 61.5 Å². The van der Waals surface area contributed by atoms with Gasteiger partial charge in [0.25, 0.3) is 10.0 Å². The number of hydrogen-bond donors (Lipinski definition) is 0. The van der Waals surface area contributed by atoms with E-state index < -0.39 is 10.0 Å². The van der Waals surface area contributed by atoms with Crippen molar-refractivity contribution in [1.29, 1.82) is 0 Å². The van der Waals surface area contributed by atoms with E-state index in [0.29, 0.717) is 19.0 Å². The summed E-state index contributed by atoms with van der Waals surface area (Å²) in [6.45, 7) is 2.35. The predicted octanol–water partition coefficient (Wildman–Crippen LogP) is 4.49. The van der Waals surface area contributed by atoms with Crippen molar-refractivity contribution in [2.24, 2.45) is 0 Å². The normalized spacial score (nSPS) is 11.3. The van der Waals surface area contributed by atoms with Crippen LogP contribution in [0.5, 0.6) is 5.88 Å². The van der Waals surface area contributed by atoms with Crippen molar-refractivity contribution in [2.45, 2.75) is 18.4 Å². The van der Waals surface area contributed by atoms with E-state index in [2.05, 4.69) is 4.98 Å². The molecule has 1 heterocycles. The highest BCUT2D eigenvalue weighted by Crippen LogP contribution is 2.27. The summed E-state index contributed by atoms with van der Waals surface area (Å²) in [5.41, 5.74) is 1.25. The summed E-state index contributed by atoms with van der Waals surface area (Å²) in [7, 11) is -2.59. The molecule has 35 heavy (non-hydrogen) atoms. The zero-order valence-electron chi connectivity index (χ0n) is 19.7. The minimum Gasteiger partial charge on any atom is -0.481 e. The average molecular weight is 490 g/mol. The number of benzene rings is 3. The highest BCUT2D eigenvalue weighted by atomic mass is 32.2. The molecule has 0 aliphatic rings. The Kier molecular flexibility index (Phi) is 7.31. The summed E-state index contributed by atoms with van der Waals surface area (Å²) in [4.78, 5) is 19.2. The molecule has 0 N–H and O–H groups in total. The molecule has 180 valence electrons. The molecule has 7 nitrogen and oxygen atoms in total. The van der Waals surface area contributed by atoms with Crippen molar-refractivity contribution in [3.63, 3.8) is 0 Å². The molecule has 0 atom stereocenters. The van der Waals surface area contributed by atoms with Gasteiger partial charge in [-0.2, -0.15) is 0 Å². The standard InChI is InChI=1S/C27H27N3O4S/c1-3-29(19-21-9-5-4-6-10-21)27(31)20-30(24-14-16-26(34-2)28-18-24)35(32,33)25-15-13-22-11-7-8-12-23(22)17-25/h4-18H,3,19-20H2,1-2H3. The van der Waals surface area contributed by atoms with Crippen LogP contribution in [-0.4, -0.2) is 44.4 Å². The number of methoxy groups -OCH3 is 1. The van der Waals surface area contributed by atoms with Gasteiger partial charge in [-0.25, -0.2) is 13.4 Å². The molecule has 0 unspecified atom stereocenters.